The maximum atomic E-state index is 14.9. The summed E-state index contributed by atoms with van der Waals surface area (Å²) >= 11 is 6.06. The number of rotatable bonds is 10. The van der Waals surface area contributed by atoms with Crippen LogP contribution in [0.3, 0.4) is 0 Å². The van der Waals surface area contributed by atoms with Gasteiger partial charge in [-0.3, -0.25) is 14.5 Å². The van der Waals surface area contributed by atoms with Gasteiger partial charge < -0.3 is 25.3 Å². The van der Waals surface area contributed by atoms with Gasteiger partial charge in [0, 0.05) is 35.9 Å². The highest BCUT2D eigenvalue weighted by atomic mass is 35.5. The first-order chi connectivity index (χ1) is 20.2. The van der Waals surface area contributed by atoms with Gasteiger partial charge in [-0.25, -0.2) is 13.8 Å². The molecule has 1 aromatic carbocycles. The summed E-state index contributed by atoms with van der Waals surface area (Å²) in [5.41, 5.74) is 6.16. The Morgan fingerprint density at radius 3 is 2.81 bits per heavy atom. The number of carbonyl (C=O) groups is 2. The summed E-state index contributed by atoms with van der Waals surface area (Å²) in [6, 6.07) is 5.21. The van der Waals surface area contributed by atoms with Crippen LogP contribution in [0.1, 0.15) is 13.3 Å². The number of ether oxygens (including phenoxy) is 3. The fourth-order valence-electron chi connectivity index (χ4n) is 3.99. The molecule has 1 aliphatic heterocycles. The maximum absolute atomic E-state index is 14.9. The number of nitrogen functional groups attached to an aromatic ring is 1. The summed E-state index contributed by atoms with van der Waals surface area (Å²) in [7, 11) is 0. The van der Waals surface area contributed by atoms with Crippen LogP contribution in [0.4, 0.5) is 20.3 Å². The van der Waals surface area contributed by atoms with Gasteiger partial charge in [-0.05, 0) is 43.4 Å². The minimum atomic E-state index is -0.787. The Bertz CT molecular complexity index is 1550. The van der Waals surface area contributed by atoms with Crippen molar-refractivity contribution in [1.82, 2.24) is 9.88 Å². The van der Waals surface area contributed by atoms with Gasteiger partial charge in [0.05, 0.1) is 37.4 Å². The van der Waals surface area contributed by atoms with Crippen LogP contribution in [-0.4, -0.2) is 34.9 Å². The van der Waals surface area contributed by atoms with Gasteiger partial charge in [0.2, 0.25) is 5.91 Å². The molecule has 0 saturated carbocycles. The summed E-state index contributed by atoms with van der Waals surface area (Å²) in [4.78, 5) is 31.7. The lowest BCUT2D eigenvalue weighted by molar-refractivity contribution is -0.127. The van der Waals surface area contributed by atoms with Crippen molar-refractivity contribution in [3.8, 4) is 11.5 Å². The summed E-state index contributed by atoms with van der Waals surface area (Å²) < 4.78 is 45.6. The van der Waals surface area contributed by atoms with Crippen molar-refractivity contribution in [2.45, 2.75) is 13.3 Å². The molecule has 0 radical (unpaired) electrons. The van der Waals surface area contributed by atoms with Gasteiger partial charge in [-0.2, -0.15) is 0 Å². The summed E-state index contributed by atoms with van der Waals surface area (Å²) in [5.74, 6) is -2.89. The Morgan fingerprint density at radius 2 is 2.07 bits per heavy atom. The monoisotopic (exact) mass is 596 g/mol. The standard InChI is InChI=1S/C30H27ClF2N4O5/c1-3-40-17-18-5-7-20(8-9-22(18)32)37-14-12-24(41-4-2)21(16-27(37)38)30(39)36-19-6-10-25(23(33)15-19)42-26-11-13-35-29(34)28(26)31/h3,5-15,18H,1,4,16-17H2,2H3,(H2,34,35)(H,36,39). The maximum Gasteiger partial charge on any atom is 0.255 e. The molecule has 42 heavy (non-hydrogen) atoms. The molecule has 1 atom stereocenters. The largest absolute Gasteiger partial charge is 0.501 e. The zero-order valence-corrected chi connectivity index (χ0v) is 23.2. The average molecular weight is 597 g/mol. The van der Waals surface area contributed by atoms with Crippen molar-refractivity contribution in [3.05, 3.63) is 114 Å². The number of allylic oxidation sites excluding steroid dienone is 4. The minimum Gasteiger partial charge on any atom is -0.501 e. The van der Waals surface area contributed by atoms with Crippen molar-refractivity contribution < 1.29 is 32.6 Å². The first kappa shape index (κ1) is 30.1. The topological polar surface area (TPSA) is 116 Å². The number of nitrogens with zero attached hydrogens (tertiary/aromatic N) is 2. The fourth-order valence-corrected chi connectivity index (χ4v) is 4.14. The zero-order chi connectivity index (χ0) is 30.2. The van der Waals surface area contributed by atoms with Gasteiger partial charge in [0.25, 0.3) is 5.91 Å². The van der Waals surface area contributed by atoms with Crippen LogP contribution in [0, 0.1) is 11.7 Å². The molecular weight excluding hydrogens is 570 g/mol. The second kappa shape index (κ2) is 13.6. The third-order valence-corrected chi connectivity index (χ3v) is 6.45. The Balaban J connectivity index is 1.51. The Kier molecular flexibility index (Phi) is 9.77. The summed E-state index contributed by atoms with van der Waals surface area (Å²) in [6.45, 7) is 5.45. The first-order valence-electron chi connectivity index (χ1n) is 12.7. The van der Waals surface area contributed by atoms with E-state index in [1.807, 2.05) is 0 Å². The lowest BCUT2D eigenvalue weighted by Gasteiger charge is -2.18. The molecule has 2 aromatic rings. The highest BCUT2D eigenvalue weighted by molar-refractivity contribution is 6.34. The fraction of sp³-hybridized carbons (Fsp3) is 0.167. The number of hydrogen-bond donors (Lipinski definition) is 2. The van der Waals surface area contributed by atoms with Crippen LogP contribution in [0.15, 0.2) is 103 Å². The van der Waals surface area contributed by atoms with Gasteiger partial charge in [-0.1, -0.05) is 24.3 Å². The molecule has 1 aromatic heterocycles. The minimum absolute atomic E-state index is 0.0255. The van der Waals surface area contributed by atoms with Crippen molar-refractivity contribution in [2.24, 2.45) is 5.92 Å². The summed E-state index contributed by atoms with van der Waals surface area (Å²) in [5, 5.41) is 2.62. The van der Waals surface area contributed by atoms with E-state index < -0.39 is 29.4 Å². The molecule has 0 bridgehead atoms. The van der Waals surface area contributed by atoms with Crippen LogP contribution in [0.2, 0.25) is 5.02 Å². The molecule has 4 rings (SSSR count). The van der Waals surface area contributed by atoms with E-state index in [1.54, 1.807) is 19.1 Å². The van der Waals surface area contributed by atoms with Crippen molar-refractivity contribution >= 4 is 34.9 Å². The number of hydrogen-bond acceptors (Lipinski definition) is 7. The highest BCUT2D eigenvalue weighted by Crippen LogP contribution is 2.34. The highest BCUT2D eigenvalue weighted by Gasteiger charge is 2.27. The van der Waals surface area contributed by atoms with Gasteiger partial charge in [0.1, 0.15) is 22.4 Å². The third kappa shape index (κ3) is 7.05. The number of anilines is 2. The van der Waals surface area contributed by atoms with E-state index in [1.165, 1.54) is 60.0 Å². The summed E-state index contributed by atoms with van der Waals surface area (Å²) in [6.07, 6.45) is 11.0. The predicted octanol–water partition coefficient (Wildman–Crippen LogP) is 6.31. The predicted molar refractivity (Wildman–Crippen MR) is 154 cm³/mol. The first-order valence-corrected chi connectivity index (χ1v) is 13.1. The SMILES string of the molecule is C=COCC1C=CC(N2C=CC(OCC)=C(C(=O)Nc3ccc(Oc4ccnc(N)c4Cl)c(F)c3)CC2=O)=CC=C1F. The molecule has 1 unspecified atom stereocenters. The van der Waals surface area contributed by atoms with E-state index in [0.29, 0.717) is 5.70 Å². The lowest BCUT2D eigenvalue weighted by atomic mass is 10.1. The number of benzene rings is 1. The molecule has 0 fully saturated rings. The molecule has 1 aliphatic carbocycles. The van der Waals surface area contributed by atoms with E-state index in [-0.39, 0.29) is 59.0 Å². The Labute approximate surface area is 245 Å². The molecular formula is C30H27ClF2N4O5. The molecule has 2 aliphatic rings. The number of carbonyl (C=O) groups excluding carboxylic acids is 2. The van der Waals surface area contributed by atoms with Crippen LogP contribution >= 0.6 is 11.6 Å². The van der Waals surface area contributed by atoms with Crippen LogP contribution in [0.25, 0.3) is 0 Å². The Morgan fingerprint density at radius 1 is 1.26 bits per heavy atom. The van der Waals surface area contributed by atoms with E-state index >= 15 is 0 Å². The van der Waals surface area contributed by atoms with Gasteiger partial charge in [0.15, 0.2) is 17.3 Å². The van der Waals surface area contributed by atoms with Gasteiger partial charge >= 0.3 is 0 Å². The molecule has 2 heterocycles. The van der Waals surface area contributed by atoms with Crippen molar-refractivity contribution in [2.75, 3.05) is 24.3 Å². The number of aromatic nitrogens is 1. The molecule has 218 valence electrons. The smallest absolute Gasteiger partial charge is 0.255 e. The molecule has 0 saturated heterocycles. The van der Waals surface area contributed by atoms with E-state index in [9.17, 15) is 18.4 Å². The quantitative estimate of drug-likeness (QED) is 0.309. The molecule has 0 spiro atoms. The van der Waals surface area contributed by atoms with Crippen LogP contribution in [-0.2, 0) is 19.1 Å². The van der Waals surface area contributed by atoms with Crippen LogP contribution in [0.5, 0.6) is 11.5 Å². The molecule has 9 nitrogen and oxygen atoms in total. The van der Waals surface area contributed by atoms with Crippen LogP contribution < -0.4 is 15.8 Å². The van der Waals surface area contributed by atoms with E-state index in [2.05, 4.69) is 16.9 Å². The van der Waals surface area contributed by atoms with E-state index in [0.717, 1.165) is 6.07 Å². The lowest BCUT2D eigenvalue weighted by Crippen LogP contribution is -2.26. The number of nitrogens with two attached hydrogens (primary N) is 1. The van der Waals surface area contributed by atoms with Gasteiger partial charge in [-0.15, -0.1) is 0 Å². The second-order valence-electron chi connectivity index (χ2n) is 8.85. The normalized spacial score (nSPS) is 16.7. The number of pyridine rings is 1. The average Bonchev–Trinajstić information content (AvgIpc) is 3.24. The Hall–Kier alpha value is -4.90. The number of amides is 2. The number of nitrogens with one attached hydrogen (secondary N) is 1. The van der Waals surface area contributed by atoms with Crippen molar-refractivity contribution in [1.29, 1.82) is 0 Å². The molecule has 2 amide bonds. The second-order valence-corrected chi connectivity index (χ2v) is 9.23. The van der Waals surface area contributed by atoms with Crippen molar-refractivity contribution in [3.63, 3.8) is 0 Å². The molecule has 12 heteroatoms. The molecule has 3 N–H and O–H groups in total. The zero-order valence-electron chi connectivity index (χ0n) is 22.5. The van der Waals surface area contributed by atoms with E-state index in [4.69, 9.17) is 31.5 Å². The third-order valence-electron chi connectivity index (χ3n) is 6.07. The number of halogens is 3.